The Hall–Kier alpha value is -1.31. The fourth-order valence-corrected chi connectivity index (χ4v) is 6.21. The van der Waals surface area contributed by atoms with Crippen molar-refractivity contribution in [1.82, 2.24) is 0 Å². The number of anilines is 1. The van der Waals surface area contributed by atoms with Crippen molar-refractivity contribution in [3.05, 3.63) is 29.8 Å². The zero-order valence-corrected chi connectivity index (χ0v) is 12.6. The highest BCUT2D eigenvalue weighted by atomic mass is 16.2. The number of benzene rings is 1. The number of carbonyl (C=O) groups is 1. The van der Waals surface area contributed by atoms with Crippen LogP contribution in [0.25, 0.3) is 0 Å². The Balaban J connectivity index is 1.50. The molecule has 4 bridgehead atoms. The van der Waals surface area contributed by atoms with Crippen molar-refractivity contribution in [2.24, 2.45) is 23.2 Å². The van der Waals surface area contributed by atoms with Crippen molar-refractivity contribution in [3.63, 3.8) is 0 Å². The van der Waals surface area contributed by atoms with Crippen molar-refractivity contribution in [1.29, 1.82) is 0 Å². The van der Waals surface area contributed by atoms with Gasteiger partial charge in [0.2, 0.25) is 5.91 Å². The van der Waals surface area contributed by atoms with Crippen LogP contribution in [0, 0.1) is 23.2 Å². The van der Waals surface area contributed by atoms with Crippen molar-refractivity contribution >= 4 is 11.6 Å². The van der Waals surface area contributed by atoms with Crippen LogP contribution in [-0.4, -0.2) is 12.5 Å². The predicted molar refractivity (Wildman–Crippen MR) is 83.1 cm³/mol. The maximum atomic E-state index is 13.4. The molecule has 21 heavy (non-hydrogen) atoms. The van der Waals surface area contributed by atoms with Crippen LogP contribution in [0.2, 0.25) is 0 Å². The quantitative estimate of drug-likeness (QED) is 0.767. The van der Waals surface area contributed by atoms with Gasteiger partial charge in [-0.3, -0.25) is 4.79 Å². The van der Waals surface area contributed by atoms with Gasteiger partial charge < -0.3 is 4.90 Å². The molecule has 4 aliphatic carbocycles. The lowest BCUT2D eigenvalue weighted by molar-refractivity contribution is -0.143. The summed E-state index contributed by atoms with van der Waals surface area (Å²) in [5, 5.41) is 0. The monoisotopic (exact) mass is 281 g/mol. The van der Waals surface area contributed by atoms with Crippen molar-refractivity contribution in [2.45, 2.75) is 44.9 Å². The molecule has 0 aromatic heterocycles. The van der Waals surface area contributed by atoms with Gasteiger partial charge in [-0.2, -0.15) is 0 Å². The van der Waals surface area contributed by atoms with E-state index in [9.17, 15) is 4.79 Å². The van der Waals surface area contributed by atoms with Crippen LogP contribution in [0.15, 0.2) is 24.3 Å². The van der Waals surface area contributed by atoms with Gasteiger partial charge in [0.1, 0.15) is 0 Å². The van der Waals surface area contributed by atoms with Crippen LogP contribution in [0.4, 0.5) is 5.69 Å². The summed E-state index contributed by atoms with van der Waals surface area (Å²) in [5.74, 6) is 3.00. The van der Waals surface area contributed by atoms with Crippen LogP contribution in [0.5, 0.6) is 0 Å². The molecule has 5 aliphatic rings. The summed E-state index contributed by atoms with van der Waals surface area (Å²) in [5.41, 5.74) is 2.56. The smallest absolute Gasteiger partial charge is 0.233 e. The van der Waals surface area contributed by atoms with Crippen molar-refractivity contribution in [3.8, 4) is 0 Å². The predicted octanol–water partition coefficient (Wildman–Crippen LogP) is 3.79. The molecule has 1 heterocycles. The molecule has 1 aliphatic heterocycles. The van der Waals surface area contributed by atoms with Crippen LogP contribution < -0.4 is 4.90 Å². The highest BCUT2D eigenvalue weighted by molar-refractivity contribution is 5.99. The Morgan fingerprint density at radius 3 is 2.29 bits per heavy atom. The average molecular weight is 281 g/mol. The lowest BCUT2D eigenvalue weighted by Gasteiger charge is -2.56. The average Bonchev–Trinajstić information content (AvgIpc) is 2.89. The van der Waals surface area contributed by atoms with Crippen LogP contribution in [0.1, 0.15) is 44.1 Å². The number of nitrogens with zero attached hydrogens (tertiary/aromatic N) is 1. The molecule has 6 rings (SSSR count). The normalized spacial score (nSPS) is 39.6. The second-order valence-corrected chi connectivity index (χ2v) is 8.03. The van der Waals surface area contributed by atoms with E-state index in [0.29, 0.717) is 5.91 Å². The van der Waals surface area contributed by atoms with Gasteiger partial charge in [0, 0.05) is 12.2 Å². The summed E-state index contributed by atoms with van der Waals surface area (Å²) >= 11 is 0. The molecule has 110 valence electrons. The standard InChI is InChI=1S/C19H23NO/c21-18(20-6-5-16-3-1-2-4-17(16)20)19-10-13-7-14(11-19)9-15(8-13)12-19/h1-4,13-15H,5-12H2. The fraction of sp³-hybridized carbons (Fsp3) is 0.632. The number of para-hydroxylation sites is 1. The number of amides is 1. The summed E-state index contributed by atoms with van der Waals surface area (Å²) in [4.78, 5) is 15.5. The molecule has 0 atom stereocenters. The van der Waals surface area contributed by atoms with Gasteiger partial charge in [-0.1, -0.05) is 18.2 Å². The summed E-state index contributed by atoms with van der Waals surface area (Å²) in [6, 6.07) is 8.49. The molecule has 4 saturated carbocycles. The first-order valence-electron chi connectivity index (χ1n) is 8.63. The van der Waals surface area contributed by atoms with E-state index < -0.39 is 0 Å². The van der Waals surface area contributed by atoms with E-state index in [1.165, 1.54) is 49.8 Å². The van der Waals surface area contributed by atoms with Gasteiger partial charge in [0.25, 0.3) is 0 Å². The SMILES string of the molecule is O=C(N1CCc2ccccc21)C12CC3CC(CC(C3)C1)C2. The molecule has 1 amide bonds. The first-order valence-corrected chi connectivity index (χ1v) is 8.63. The minimum atomic E-state index is 0.00615. The van der Waals surface area contributed by atoms with Gasteiger partial charge >= 0.3 is 0 Å². The molecule has 2 nitrogen and oxygen atoms in total. The van der Waals surface area contributed by atoms with Crippen LogP contribution in [-0.2, 0) is 11.2 Å². The second kappa shape index (κ2) is 4.12. The minimum absolute atomic E-state index is 0.00615. The van der Waals surface area contributed by atoms with Crippen molar-refractivity contribution in [2.75, 3.05) is 11.4 Å². The maximum Gasteiger partial charge on any atom is 0.233 e. The van der Waals surface area contributed by atoms with Gasteiger partial charge in [0.15, 0.2) is 0 Å². The molecule has 1 aromatic rings. The Kier molecular flexibility index (Phi) is 2.40. The summed E-state index contributed by atoms with van der Waals surface area (Å²) in [7, 11) is 0. The Morgan fingerprint density at radius 1 is 1.00 bits per heavy atom. The van der Waals surface area contributed by atoms with Gasteiger partial charge in [-0.15, -0.1) is 0 Å². The minimum Gasteiger partial charge on any atom is -0.311 e. The van der Waals surface area contributed by atoms with E-state index in [1.54, 1.807) is 0 Å². The summed E-state index contributed by atoms with van der Waals surface area (Å²) in [6.07, 6.45) is 8.78. The molecule has 1 aromatic carbocycles. The van der Waals surface area contributed by atoms with Gasteiger partial charge in [0.05, 0.1) is 5.41 Å². The molecule has 0 spiro atoms. The highest BCUT2D eigenvalue weighted by Gasteiger charge is 2.56. The third-order valence-electron chi connectivity index (χ3n) is 6.62. The fourth-order valence-electron chi connectivity index (χ4n) is 6.21. The molecular formula is C19H23NO. The highest BCUT2D eigenvalue weighted by Crippen LogP contribution is 2.60. The number of hydrogen-bond donors (Lipinski definition) is 0. The number of fused-ring (bicyclic) bond motifs is 1. The third kappa shape index (κ3) is 1.68. The number of carbonyl (C=O) groups excluding carboxylic acids is 1. The van der Waals surface area contributed by atoms with Crippen LogP contribution in [0.3, 0.4) is 0 Å². The molecule has 0 N–H and O–H groups in total. The van der Waals surface area contributed by atoms with E-state index >= 15 is 0 Å². The largest absolute Gasteiger partial charge is 0.311 e. The zero-order chi connectivity index (χ0) is 14.0. The molecule has 4 fully saturated rings. The van der Waals surface area contributed by atoms with Gasteiger partial charge in [-0.05, 0) is 74.3 Å². The Morgan fingerprint density at radius 2 is 1.62 bits per heavy atom. The van der Waals surface area contributed by atoms with E-state index in [2.05, 4.69) is 29.2 Å². The lowest BCUT2D eigenvalue weighted by atomic mass is 9.49. The Bertz CT molecular complexity index is 570. The topological polar surface area (TPSA) is 20.3 Å². The van der Waals surface area contributed by atoms with E-state index in [0.717, 1.165) is 30.7 Å². The van der Waals surface area contributed by atoms with Crippen LogP contribution >= 0.6 is 0 Å². The first kappa shape index (κ1) is 12.3. The zero-order valence-electron chi connectivity index (χ0n) is 12.6. The van der Waals surface area contributed by atoms with E-state index in [-0.39, 0.29) is 5.41 Å². The summed E-state index contributed by atoms with van der Waals surface area (Å²) in [6.45, 7) is 0.903. The molecule has 2 heteroatoms. The third-order valence-corrected chi connectivity index (χ3v) is 6.62. The Labute approximate surface area is 126 Å². The summed E-state index contributed by atoms with van der Waals surface area (Å²) < 4.78 is 0. The van der Waals surface area contributed by atoms with Gasteiger partial charge in [-0.25, -0.2) is 0 Å². The number of hydrogen-bond acceptors (Lipinski definition) is 1. The second-order valence-electron chi connectivity index (χ2n) is 8.03. The molecular weight excluding hydrogens is 258 g/mol. The van der Waals surface area contributed by atoms with E-state index in [1.807, 2.05) is 0 Å². The first-order chi connectivity index (χ1) is 10.2. The molecule has 0 unspecified atom stereocenters. The molecule has 0 radical (unpaired) electrons. The van der Waals surface area contributed by atoms with E-state index in [4.69, 9.17) is 0 Å². The molecule has 0 saturated heterocycles. The number of rotatable bonds is 1. The maximum absolute atomic E-state index is 13.4. The lowest BCUT2D eigenvalue weighted by Crippen LogP contribution is -2.54. The van der Waals surface area contributed by atoms with Crippen molar-refractivity contribution < 1.29 is 4.79 Å².